The monoisotopic (exact) mass is 399 g/mol. The van der Waals surface area contributed by atoms with Crippen molar-refractivity contribution in [3.05, 3.63) is 58.7 Å². The van der Waals surface area contributed by atoms with Crippen molar-refractivity contribution in [3.8, 4) is 6.07 Å². The number of benzene rings is 2. The Balaban J connectivity index is 1.81. The van der Waals surface area contributed by atoms with Gasteiger partial charge < -0.3 is 15.2 Å². The van der Waals surface area contributed by atoms with Gasteiger partial charge >= 0.3 is 0 Å². The molecule has 1 aliphatic heterocycles. The first kappa shape index (κ1) is 19.3. The van der Waals surface area contributed by atoms with Gasteiger partial charge in [0.05, 0.1) is 35.3 Å². The zero-order chi connectivity index (χ0) is 20.7. The van der Waals surface area contributed by atoms with E-state index in [0.717, 1.165) is 23.3 Å². The Morgan fingerprint density at radius 2 is 2.00 bits per heavy atom. The van der Waals surface area contributed by atoms with Crippen LogP contribution in [0.25, 0.3) is 11.0 Å². The first-order valence-electron chi connectivity index (χ1n) is 9.37. The highest BCUT2D eigenvalue weighted by Gasteiger charge is 2.29. The number of aromatic nitrogens is 2. The second kappa shape index (κ2) is 7.41. The standard InChI is InChI=1S/C21H20F3N5/c1-12-6-13(2-3-14(12)9-25)10-29-20-8-17(24)16(23)7-19(20)27-21(29)28-5-4-15(22)18(26)11-28/h2-3,6-8,15,18H,4-5,10-11,26H2,1H3/t15-,18-/m1/s1. The molecule has 1 saturated heterocycles. The Morgan fingerprint density at radius 3 is 2.69 bits per heavy atom. The third-order valence-corrected chi connectivity index (χ3v) is 5.38. The van der Waals surface area contributed by atoms with Crippen molar-refractivity contribution in [2.24, 2.45) is 5.73 Å². The number of alkyl halides is 1. The quantitative estimate of drug-likeness (QED) is 0.733. The van der Waals surface area contributed by atoms with E-state index in [1.807, 2.05) is 24.0 Å². The number of imidazole rings is 1. The van der Waals surface area contributed by atoms with E-state index >= 15 is 0 Å². The maximum atomic E-state index is 14.0. The smallest absolute Gasteiger partial charge is 0.206 e. The lowest BCUT2D eigenvalue weighted by molar-refractivity contribution is 0.243. The molecule has 0 radical (unpaired) electrons. The first-order chi connectivity index (χ1) is 13.9. The number of nitrogens with two attached hydrogens (primary N) is 1. The summed E-state index contributed by atoms with van der Waals surface area (Å²) >= 11 is 0. The molecule has 3 aromatic rings. The van der Waals surface area contributed by atoms with E-state index in [1.165, 1.54) is 0 Å². The van der Waals surface area contributed by atoms with Gasteiger partial charge in [-0.05, 0) is 30.5 Å². The number of halogens is 3. The average molecular weight is 399 g/mol. The summed E-state index contributed by atoms with van der Waals surface area (Å²) in [6, 6.07) is 9.10. The van der Waals surface area contributed by atoms with Gasteiger partial charge in [-0.15, -0.1) is 0 Å². The van der Waals surface area contributed by atoms with Gasteiger partial charge in [-0.25, -0.2) is 18.2 Å². The molecule has 8 heteroatoms. The second-order valence-corrected chi connectivity index (χ2v) is 7.43. The van der Waals surface area contributed by atoms with Crippen LogP contribution >= 0.6 is 0 Å². The molecule has 4 rings (SSSR count). The number of nitriles is 1. The molecule has 0 unspecified atom stereocenters. The Kier molecular flexibility index (Phi) is 4.92. The zero-order valence-electron chi connectivity index (χ0n) is 15.9. The third kappa shape index (κ3) is 3.54. The lowest BCUT2D eigenvalue weighted by Gasteiger charge is -2.34. The molecule has 1 aliphatic rings. The van der Waals surface area contributed by atoms with E-state index in [2.05, 4.69) is 11.1 Å². The fourth-order valence-electron chi connectivity index (χ4n) is 3.77. The molecule has 2 N–H and O–H groups in total. The predicted molar refractivity (Wildman–Crippen MR) is 104 cm³/mol. The van der Waals surface area contributed by atoms with Crippen molar-refractivity contribution in [2.45, 2.75) is 32.1 Å². The van der Waals surface area contributed by atoms with Crippen molar-refractivity contribution < 1.29 is 13.2 Å². The van der Waals surface area contributed by atoms with Gasteiger partial charge in [0.2, 0.25) is 5.95 Å². The molecule has 2 aromatic carbocycles. The summed E-state index contributed by atoms with van der Waals surface area (Å²) in [6.07, 6.45) is -0.816. The summed E-state index contributed by atoms with van der Waals surface area (Å²) in [7, 11) is 0. The highest BCUT2D eigenvalue weighted by atomic mass is 19.2. The number of anilines is 1. The van der Waals surface area contributed by atoms with Gasteiger partial charge in [0.25, 0.3) is 0 Å². The molecule has 0 bridgehead atoms. The lowest BCUT2D eigenvalue weighted by atomic mass is 10.0. The van der Waals surface area contributed by atoms with Crippen molar-refractivity contribution in [2.75, 3.05) is 18.0 Å². The van der Waals surface area contributed by atoms with Gasteiger partial charge in [0, 0.05) is 25.2 Å². The normalized spacial score (nSPS) is 19.5. The predicted octanol–water partition coefficient (Wildman–Crippen LogP) is 3.42. The fraction of sp³-hybridized carbons (Fsp3) is 0.333. The number of rotatable bonds is 3. The van der Waals surface area contributed by atoms with Crippen LogP contribution < -0.4 is 10.6 Å². The van der Waals surface area contributed by atoms with Gasteiger partial charge in [-0.2, -0.15) is 5.26 Å². The van der Waals surface area contributed by atoms with Crippen molar-refractivity contribution in [3.63, 3.8) is 0 Å². The van der Waals surface area contributed by atoms with Crippen LogP contribution in [-0.2, 0) is 6.54 Å². The minimum atomic E-state index is -1.08. The van der Waals surface area contributed by atoms with Crippen molar-refractivity contribution in [1.82, 2.24) is 9.55 Å². The summed E-state index contributed by atoms with van der Waals surface area (Å²) in [5.74, 6) is -1.43. The molecule has 150 valence electrons. The molecule has 0 aliphatic carbocycles. The lowest BCUT2D eigenvalue weighted by Crippen LogP contribution is -2.50. The number of nitrogens with zero attached hydrogens (tertiary/aromatic N) is 4. The molecule has 2 atom stereocenters. The topological polar surface area (TPSA) is 70.9 Å². The molecular formula is C21H20F3N5. The number of fused-ring (bicyclic) bond motifs is 1. The Bertz CT molecular complexity index is 1120. The van der Waals surface area contributed by atoms with E-state index in [9.17, 15) is 13.2 Å². The maximum absolute atomic E-state index is 14.0. The van der Waals surface area contributed by atoms with Crippen LogP contribution in [0.3, 0.4) is 0 Å². The van der Waals surface area contributed by atoms with Gasteiger partial charge in [0.1, 0.15) is 6.17 Å². The van der Waals surface area contributed by atoms with E-state index < -0.39 is 23.8 Å². The third-order valence-electron chi connectivity index (χ3n) is 5.38. The van der Waals surface area contributed by atoms with Crippen LogP contribution in [0.5, 0.6) is 0 Å². The van der Waals surface area contributed by atoms with E-state index in [1.54, 1.807) is 10.6 Å². The summed E-state index contributed by atoms with van der Waals surface area (Å²) in [4.78, 5) is 6.36. The zero-order valence-corrected chi connectivity index (χ0v) is 15.9. The van der Waals surface area contributed by atoms with Gasteiger partial charge in [-0.1, -0.05) is 12.1 Å². The van der Waals surface area contributed by atoms with E-state index in [-0.39, 0.29) is 13.0 Å². The summed E-state index contributed by atoms with van der Waals surface area (Å²) < 4.78 is 43.3. The molecule has 1 fully saturated rings. The largest absolute Gasteiger partial charge is 0.340 e. The highest BCUT2D eigenvalue weighted by Crippen LogP contribution is 2.28. The Labute approximate surface area is 166 Å². The molecule has 29 heavy (non-hydrogen) atoms. The van der Waals surface area contributed by atoms with Crippen LogP contribution in [0.4, 0.5) is 19.1 Å². The fourth-order valence-corrected chi connectivity index (χ4v) is 3.77. The number of hydrogen-bond acceptors (Lipinski definition) is 4. The molecular weight excluding hydrogens is 379 g/mol. The van der Waals surface area contributed by atoms with Crippen LogP contribution in [0, 0.1) is 29.9 Å². The summed E-state index contributed by atoms with van der Waals surface area (Å²) in [5, 5.41) is 9.13. The van der Waals surface area contributed by atoms with Gasteiger partial charge in [0.15, 0.2) is 11.6 Å². The Hall–Kier alpha value is -3.05. The number of aryl methyl sites for hydroxylation is 1. The molecule has 0 amide bonds. The van der Waals surface area contributed by atoms with Crippen LogP contribution in [0.2, 0.25) is 0 Å². The van der Waals surface area contributed by atoms with Crippen molar-refractivity contribution in [1.29, 1.82) is 5.26 Å². The SMILES string of the molecule is Cc1cc(Cn2c(N3CC[C@@H](F)[C@H](N)C3)nc3cc(F)c(F)cc32)ccc1C#N. The molecule has 5 nitrogen and oxygen atoms in total. The van der Waals surface area contributed by atoms with E-state index in [4.69, 9.17) is 11.0 Å². The molecule has 2 heterocycles. The average Bonchev–Trinajstić information content (AvgIpc) is 3.02. The molecule has 1 aromatic heterocycles. The summed E-state index contributed by atoms with van der Waals surface area (Å²) in [6.45, 7) is 2.86. The minimum absolute atomic E-state index is 0.266. The van der Waals surface area contributed by atoms with E-state index in [0.29, 0.717) is 35.6 Å². The second-order valence-electron chi connectivity index (χ2n) is 7.43. The molecule has 0 spiro atoms. The van der Waals surface area contributed by atoms with Crippen molar-refractivity contribution >= 4 is 17.0 Å². The maximum Gasteiger partial charge on any atom is 0.206 e. The first-order valence-corrected chi connectivity index (χ1v) is 9.37. The minimum Gasteiger partial charge on any atom is -0.340 e. The van der Waals surface area contributed by atoms with Gasteiger partial charge in [-0.3, -0.25) is 0 Å². The number of hydrogen-bond donors (Lipinski definition) is 1. The Morgan fingerprint density at radius 1 is 1.24 bits per heavy atom. The number of piperidine rings is 1. The molecule has 0 saturated carbocycles. The van der Waals surface area contributed by atoms with Crippen LogP contribution in [0.1, 0.15) is 23.1 Å². The van der Waals surface area contributed by atoms with Crippen LogP contribution in [0.15, 0.2) is 30.3 Å². The van der Waals surface area contributed by atoms with Crippen LogP contribution in [-0.4, -0.2) is 34.9 Å². The summed E-state index contributed by atoms with van der Waals surface area (Å²) in [5.41, 5.74) is 8.95. The highest BCUT2D eigenvalue weighted by molar-refractivity contribution is 5.79.